The molecule has 0 radical (unpaired) electrons. The highest BCUT2D eigenvalue weighted by Gasteiger charge is 2.02. The molecule has 2 aromatic rings. The first-order valence-corrected chi connectivity index (χ1v) is 8.08. The third-order valence-corrected chi connectivity index (χ3v) is 3.70. The van der Waals surface area contributed by atoms with Gasteiger partial charge in [-0.1, -0.05) is 15.9 Å². The largest absolute Gasteiger partial charge is 0.370 e. The van der Waals surface area contributed by atoms with Crippen LogP contribution >= 0.6 is 15.9 Å². The van der Waals surface area contributed by atoms with Crippen LogP contribution in [0, 0.1) is 6.92 Å². The molecule has 0 aliphatic rings. The molecule has 0 spiro atoms. The van der Waals surface area contributed by atoms with Gasteiger partial charge in [0.25, 0.3) is 0 Å². The Hall–Kier alpha value is -1.66. The summed E-state index contributed by atoms with van der Waals surface area (Å²) in [6, 6.07) is 8.05. The smallest absolute Gasteiger partial charge is 0.135 e. The average Bonchev–Trinajstić information content (AvgIpc) is 2.47. The second-order valence-electron chi connectivity index (χ2n) is 5.46. The fourth-order valence-corrected chi connectivity index (χ4v) is 2.51. The highest BCUT2D eigenvalue weighted by atomic mass is 79.9. The van der Waals surface area contributed by atoms with Crippen LogP contribution in [0.25, 0.3) is 0 Å². The predicted molar refractivity (Wildman–Crippen MR) is 95.9 cm³/mol. The highest BCUT2D eigenvalue weighted by Crippen LogP contribution is 2.23. The molecule has 5 nitrogen and oxygen atoms in total. The second kappa shape index (κ2) is 8.10. The number of nitrogens with zero attached hydrogens (tertiary/aromatic N) is 3. The summed E-state index contributed by atoms with van der Waals surface area (Å²) >= 11 is 3.47. The summed E-state index contributed by atoms with van der Waals surface area (Å²) in [5.74, 6) is 1.63. The van der Waals surface area contributed by atoms with Crippen molar-refractivity contribution in [1.29, 1.82) is 0 Å². The molecule has 2 N–H and O–H groups in total. The van der Waals surface area contributed by atoms with Gasteiger partial charge < -0.3 is 15.5 Å². The molecule has 0 unspecified atom stereocenters. The standard InChI is InChI=1S/C16H22BrN5/c1-12-9-13(17)5-6-14(12)21-16-10-15(19-11-20-16)18-7-4-8-22(2)3/h5-6,9-11H,4,7-8H2,1-3H3,(H2,18,19,20,21). The maximum atomic E-state index is 4.27. The Kier molecular flexibility index (Phi) is 6.15. The van der Waals surface area contributed by atoms with Crippen molar-refractivity contribution in [1.82, 2.24) is 14.9 Å². The summed E-state index contributed by atoms with van der Waals surface area (Å²) in [5.41, 5.74) is 2.20. The number of benzene rings is 1. The molecule has 0 saturated carbocycles. The van der Waals surface area contributed by atoms with Crippen LogP contribution in [0.2, 0.25) is 0 Å². The van der Waals surface area contributed by atoms with Gasteiger partial charge in [0.05, 0.1) is 0 Å². The number of hydrogen-bond donors (Lipinski definition) is 2. The van der Waals surface area contributed by atoms with Crippen LogP contribution in [-0.4, -0.2) is 42.1 Å². The van der Waals surface area contributed by atoms with Crippen LogP contribution in [0.5, 0.6) is 0 Å². The molecule has 1 aromatic carbocycles. The Morgan fingerprint density at radius 3 is 2.64 bits per heavy atom. The van der Waals surface area contributed by atoms with Crippen LogP contribution in [0.15, 0.2) is 35.1 Å². The van der Waals surface area contributed by atoms with E-state index >= 15 is 0 Å². The number of hydrogen-bond acceptors (Lipinski definition) is 5. The van der Waals surface area contributed by atoms with E-state index < -0.39 is 0 Å². The molecule has 1 heterocycles. The lowest BCUT2D eigenvalue weighted by Crippen LogP contribution is -2.16. The summed E-state index contributed by atoms with van der Waals surface area (Å²) in [6.45, 7) is 4.02. The minimum Gasteiger partial charge on any atom is -0.370 e. The molecule has 118 valence electrons. The molecule has 0 amide bonds. The van der Waals surface area contributed by atoms with Gasteiger partial charge in [-0.25, -0.2) is 9.97 Å². The predicted octanol–water partition coefficient (Wildman–Crippen LogP) is 3.65. The number of nitrogens with one attached hydrogen (secondary N) is 2. The van der Waals surface area contributed by atoms with Gasteiger partial charge in [-0.15, -0.1) is 0 Å². The third-order valence-electron chi connectivity index (χ3n) is 3.21. The van der Waals surface area contributed by atoms with Crippen LogP contribution in [0.1, 0.15) is 12.0 Å². The Morgan fingerprint density at radius 2 is 1.91 bits per heavy atom. The van der Waals surface area contributed by atoms with E-state index in [0.29, 0.717) is 0 Å². The monoisotopic (exact) mass is 363 g/mol. The van der Waals surface area contributed by atoms with Crippen molar-refractivity contribution < 1.29 is 0 Å². The van der Waals surface area contributed by atoms with E-state index in [1.807, 2.05) is 18.2 Å². The topological polar surface area (TPSA) is 53.1 Å². The first-order valence-electron chi connectivity index (χ1n) is 7.28. The second-order valence-corrected chi connectivity index (χ2v) is 6.37. The summed E-state index contributed by atoms with van der Waals surface area (Å²) in [4.78, 5) is 10.7. The molecule has 1 aromatic heterocycles. The van der Waals surface area contributed by atoms with Gasteiger partial charge in [-0.2, -0.15) is 0 Å². The molecule has 0 bridgehead atoms. The van der Waals surface area contributed by atoms with E-state index in [1.54, 1.807) is 6.33 Å². The number of aromatic nitrogens is 2. The SMILES string of the molecule is Cc1cc(Br)ccc1Nc1cc(NCCCN(C)C)ncn1. The van der Waals surface area contributed by atoms with E-state index in [9.17, 15) is 0 Å². The molecule has 0 fully saturated rings. The van der Waals surface area contributed by atoms with E-state index in [2.05, 4.69) is 68.5 Å². The minimum absolute atomic E-state index is 0.788. The maximum Gasteiger partial charge on any atom is 0.135 e. The Balaban J connectivity index is 1.96. The summed E-state index contributed by atoms with van der Waals surface area (Å²) in [6.07, 6.45) is 2.65. The molecule has 22 heavy (non-hydrogen) atoms. The fraction of sp³-hybridized carbons (Fsp3) is 0.375. The zero-order valence-electron chi connectivity index (χ0n) is 13.2. The average molecular weight is 364 g/mol. The normalized spacial score (nSPS) is 10.8. The van der Waals surface area contributed by atoms with Gasteiger partial charge in [0.1, 0.15) is 18.0 Å². The van der Waals surface area contributed by atoms with Gasteiger partial charge >= 0.3 is 0 Å². The Bertz CT molecular complexity index is 615. The lowest BCUT2D eigenvalue weighted by molar-refractivity contribution is 0.405. The quantitative estimate of drug-likeness (QED) is 0.735. The van der Waals surface area contributed by atoms with Crippen LogP contribution < -0.4 is 10.6 Å². The number of anilines is 3. The molecular formula is C16H22BrN5. The molecule has 0 saturated heterocycles. The van der Waals surface area contributed by atoms with E-state index in [-0.39, 0.29) is 0 Å². The van der Waals surface area contributed by atoms with Crippen LogP contribution in [-0.2, 0) is 0 Å². The van der Waals surface area contributed by atoms with Crippen molar-refractivity contribution in [3.05, 3.63) is 40.6 Å². The Morgan fingerprint density at radius 1 is 1.14 bits per heavy atom. The number of aryl methyl sites for hydroxylation is 1. The van der Waals surface area contributed by atoms with E-state index in [4.69, 9.17) is 0 Å². The summed E-state index contributed by atoms with van der Waals surface area (Å²) in [5, 5.41) is 6.65. The number of halogens is 1. The van der Waals surface area contributed by atoms with Gasteiger partial charge in [0, 0.05) is 22.8 Å². The lowest BCUT2D eigenvalue weighted by Gasteiger charge is -2.12. The zero-order chi connectivity index (χ0) is 15.9. The third kappa shape index (κ3) is 5.27. The molecule has 0 aliphatic carbocycles. The molecule has 0 aliphatic heterocycles. The van der Waals surface area contributed by atoms with Gasteiger partial charge in [-0.3, -0.25) is 0 Å². The molecule has 0 atom stereocenters. The first kappa shape index (κ1) is 16.7. The Labute approximate surface area is 140 Å². The van der Waals surface area contributed by atoms with Crippen molar-refractivity contribution in [3.8, 4) is 0 Å². The van der Waals surface area contributed by atoms with Crippen molar-refractivity contribution in [2.24, 2.45) is 0 Å². The van der Waals surface area contributed by atoms with Crippen molar-refractivity contribution in [2.45, 2.75) is 13.3 Å². The van der Waals surface area contributed by atoms with Gasteiger partial charge in [-0.05, 0) is 57.7 Å². The van der Waals surface area contributed by atoms with Crippen molar-refractivity contribution >= 4 is 33.3 Å². The summed E-state index contributed by atoms with van der Waals surface area (Å²) in [7, 11) is 4.15. The van der Waals surface area contributed by atoms with Gasteiger partial charge in [0.15, 0.2) is 0 Å². The van der Waals surface area contributed by atoms with Crippen molar-refractivity contribution in [2.75, 3.05) is 37.8 Å². The van der Waals surface area contributed by atoms with E-state index in [1.165, 1.54) is 0 Å². The highest BCUT2D eigenvalue weighted by molar-refractivity contribution is 9.10. The lowest BCUT2D eigenvalue weighted by atomic mass is 10.2. The number of rotatable bonds is 7. The minimum atomic E-state index is 0.788. The van der Waals surface area contributed by atoms with Gasteiger partial charge in [0.2, 0.25) is 0 Å². The molecular weight excluding hydrogens is 342 g/mol. The summed E-state index contributed by atoms with van der Waals surface area (Å²) < 4.78 is 1.07. The fourth-order valence-electron chi connectivity index (χ4n) is 2.04. The van der Waals surface area contributed by atoms with Crippen molar-refractivity contribution in [3.63, 3.8) is 0 Å². The molecule has 2 rings (SSSR count). The van der Waals surface area contributed by atoms with Crippen LogP contribution in [0.4, 0.5) is 17.3 Å². The first-order chi connectivity index (χ1) is 10.5. The van der Waals surface area contributed by atoms with E-state index in [0.717, 1.165) is 46.9 Å². The van der Waals surface area contributed by atoms with Crippen LogP contribution in [0.3, 0.4) is 0 Å². The zero-order valence-corrected chi connectivity index (χ0v) is 14.8. The maximum absolute atomic E-state index is 4.27. The molecule has 6 heteroatoms.